The summed E-state index contributed by atoms with van der Waals surface area (Å²) < 4.78 is 5.23. The largest absolute Gasteiger partial charge is 0.462 e. The van der Waals surface area contributed by atoms with E-state index in [0.29, 0.717) is 31.0 Å². The Bertz CT molecular complexity index is 685. The number of esters is 1. The lowest BCUT2D eigenvalue weighted by Gasteiger charge is -2.21. The van der Waals surface area contributed by atoms with Crippen molar-refractivity contribution >= 4 is 16.9 Å². The minimum absolute atomic E-state index is 0.0785. The van der Waals surface area contributed by atoms with E-state index in [1.165, 1.54) is 0 Å². The molecule has 0 spiro atoms. The van der Waals surface area contributed by atoms with Crippen molar-refractivity contribution in [2.75, 3.05) is 26.3 Å². The second-order valence-electron chi connectivity index (χ2n) is 5.39. The van der Waals surface area contributed by atoms with E-state index in [9.17, 15) is 9.90 Å². The van der Waals surface area contributed by atoms with E-state index in [2.05, 4.69) is 9.88 Å². The average Bonchev–Trinajstić information content (AvgIpc) is 2.54. The Morgan fingerprint density at radius 1 is 1.30 bits per heavy atom. The molecule has 0 unspecified atom stereocenters. The van der Waals surface area contributed by atoms with Gasteiger partial charge in [-0.05, 0) is 32.0 Å². The summed E-state index contributed by atoms with van der Waals surface area (Å²) in [5, 5.41) is 10.1. The molecule has 0 fully saturated rings. The molecule has 124 valence electrons. The summed E-state index contributed by atoms with van der Waals surface area (Å²) in [7, 11) is 0. The van der Waals surface area contributed by atoms with E-state index in [1.54, 1.807) is 6.92 Å². The Hall–Kier alpha value is -1.98. The normalized spacial score (nSPS) is 11.2. The van der Waals surface area contributed by atoms with Gasteiger partial charge in [-0.2, -0.15) is 0 Å². The van der Waals surface area contributed by atoms with Gasteiger partial charge in [0, 0.05) is 18.5 Å². The topological polar surface area (TPSA) is 62.7 Å². The smallest absolute Gasteiger partial charge is 0.340 e. The van der Waals surface area contributed by atoms with Gasteiger partial charge in [-0.15, -0.1) is 0 Å². The van der Waals surface area contributed by atoms with Crippen molar-refractivity contribution in [3.63, 3.8) is 0 Å². The van der Waals surface area contributed by atoms with Gasteiger partial charge in [-0.25, -0.2) is 4.79 Å². The van der Waals surface area contributed by atoms with Gasteiger partial charge in [0.15, 0.2) is 0 Å². The minimum Gasteiger partial charge on any atom is -0.462 e. The lowest BCUT2D eigenvalue weighted by molar-refractivity contribution is 0.0522. The Morgan fingerprint density at radius 3 is 2.70 bits per heavy atom. The summed E-state index contributed by atoms with van der Waals surface area (Å²) in [6.07, 6.45) is 0. The fourth-order valence-corrected chi connectivity index (χ4v) is 2.73. The number of fused-ring (bicyclic) bond motifs is 1. The summed E-state index contributed by atoms with van der Waals surface area (Å²) in [5.41, 5.74) is 3.01. The number of hydrogen-bond donors (Lipinski definition) is 1. The van der Waals surface area contributed by atoms with Gasteiger partial charge in [-0.3, -0.25) is 9.88 Å². The number of ether oxygens (including phenoxy) is 1. The summed E-state index contributed by atoms with van der Waals surface area (Å²) >= 11 is 0. The Kier molecular flexibility index (Phi) is 6.07. The first-order valence-electron chi connectivity index (χ1n) is 8.00. The van der Waals surface area contributed by atoms with E-state index in [4.69, 9.17) is 4.74 Å². The number of pyridine rings is 1. The highest BCUT2D eigenvalue weighted by molar-refractivity contribution is 5.98. The van der Waals surface area contributed by atoms with E-state index in [-0.39, 0.29) is 12.6 Å². The van der Waals surface area contributed by atoms with E-state index in [0.717, 1.165) is 23.0 Å². The number of nitrogens with zero attached hydrogens (tertiary/aromatic N) is 2. The number of carbonyl (C=O) groups excluding carboxylic acids is 1. The molecule has 0 saturated heterocycles. The first-order valence-corrected chi connectivity index (χ1v) is 8.00. The number of aryl methyl sites for hydroxylation is 1. The van der Waals surface area contributed by atoms with Crippen LogP contribution < -0.4 is 0 Å². The molecule has 1 aromatic heterocycles. The van der Waals surface area contributed by atoms with Crippen LogP contribution in [0.5, 0.6) is 0 Å². The lowest BCUT2D eigenvalue weighted by atomic mass is 10.0. The summed E-state index contributed by atoms with van der Waals surface area (Å²) in [6, 6.07) is 7.79. The molecule has 2 rings (SSSR count). The molecule has 0 aliphatic heterocycles. The van der Waals surface area contributed by atoms with Gasteiger partial charge >= 0.3 is 5.97 Å². The molecule has 1 N–H and O–H groups in total. The van der Waals surface area contributed by atoms with Crippen LogP contribution in [0.15, 0.2) is 24.3 Å². The molecule has 5 heteroatoms. The van der Waals surface area contributed by atoms with Crippen LogP contribution in [0.4, 0.5) is 0 Å². The fraction of sp³-hybridized carbons (Fsp3) is 0.444. The number of para-hydroxylation sites is 1. The van der Waals surface area contributed by atoms with Gasteiger partial charge < -0.3 is 9.84 Å². The van der Waals surface area contributed by atoms with Gasteiger partial charge in [0.25, 0.3) is 0 Å². The molecule has 0 aliphatic rings. The Labute approximate surface area is 136 Å². The van der Waals surface area contributed by atoms with Crippen molar-refractivity contribution in [1.29, 1.82) is 0 Å². The maximum Gasteiger partial charge on any atom is 0.340 e. The van der Waals surface area contributed by atoms with Crippen molar-refractivity contribution in [2.24, 2.45) is 0 Å². The van der Waals surface area contributed by atoms with Crippen molar-refractivity contribution in [3.05, 3.63) is 41.1 Å². The van der Waals surface area contributed by atoms with Gasteiger partial charge in [-0.1, -0.05) is 25.1 Å². The van der Waals surface area contributed by atoms with Crippen LogP contribution in [-0.2, 0) is 11.3 Å². The number of aliphatic hydroxyl groups excluding tert-OH is 1. The average molecular weight is 316 g/mol. The maximum atomic E-state index is 12.4. The number of hydrogen-bond acceptors (Lipinski definition) is 5. The first kappa shape index (κ1) is 17.4. The SMILES string of the molecule is CCOC(=O)c1c(CN(CC)CCO)nc2ccccc2c1C. The molecule has 1 heterocycles. The third-order valence-electron chi connectivity index (χ3n) is 3.94. The van der Waals surface area contributed by atoms with Gasteiger partial charge in [0.2, 0.25) is 0 Å². The molecule has 0 amide bonds. The third kappa shape index (κ3) is 3.86. The van der Waals surface area contributed by atoms with Crippen molar-refractivity contribution in [1.82, 2.24) is 9.88 Å². The van der Waals surface area contributed by atoms with E-state index < -0.39 is 0 Å². The molecule has 0 radical (unpaired) electrons. The highest BCUT2D eigenvalue weighted by Crippen LogP contribution is 2.24. The van der Waals surface area contributed by atoms with Crippen LogP contribution in [0.3, 0.4) is 0 Å². The maximum absolute atomic E-state index is 12.4. The van der Waals surface area contributed by atoms with Crippen molar-refractivity contribution in [2.45, 2.75) is 27.3 Å². The highest BCUT2D eigenvalue weighted by atomic mass is 16.5. The molecule has 0 bridgehead atoms. The lowest BCUT2D eigenvalue weighted by Crippen LogP contribution is -2.28. The molecule has 2 aromatic rings. The molecule has 0 saturated carbocycles. The first-order chi connectivity index (χ1) is 11.1. The highest BCUT2D eigenvalue weighted by Gasteiger charge is 2.21. The molecular formula is C18H24N2O3. The predicted molar refractivity (Wildman–Crippen MR) is 90.5 cm³/mol. The van der Waals surface area contributed by atoms with Crippen LogP contribution in [0.25, 0.3) is 10.9 Å². The second-order valence-corrected chi connectivity index (χ2v) is 5.39. The number of rotatable bonds is 7. The van der Waals surface area contributed by atoms with Gasteiger partial charge in [0.1, 0.15) is 0 Å². The number of aromatic nitrogens is 1. The minimum atomic E-state index is -0.335. The van der Waals surface area contributed by atoms with Crippen LogP contribution >= 0.6 is 0 Å². The second kappa shape index (κ2) is 8.04. The number of likely N-dealkylation sites (N-methyl/N-ethyl adjacent to an activating group) is 1. The molecule has 0 aliphatic carbocycles. The summed E-state index contributed by atoms with van der Waals surface area (Å²) in [4.78, 5) is 19.2. The van der Waals surface area contributed by atoms with Gasteiger partial charge in [0.05, 0.1) is 30.0 Å². The van der Waals surface area contributed by atoms with E-state index >= 15 is 0 Å². The summed E-state index contributed by atoms with van der Waals surface area (Å²) in [6.45, 7) is 7.99. The Morgan fingerprint density at radius 2 is 2.04 bits per heavy atom. The van der Waals surface area contributed by atoms with Crippen LogP contribution in [0, 0.1) is 6.92 Å². The monoisotopic (exact) mass is 316 g/mol. The van der Waals surface area contributed by atoms with Crippen LogP contribution in [0.2, 0.25) is 0 Å². The zero-order chi connectivity index (χ0) is 16.8. The molecule has 1 aromatic carbocycles. The van der Waals surface area contributed by atoms with Crippen LogP contribution in [0.1, 0.15) is 35.5 Å². The van der Waals surface area contributed by atoms with Crippen molar-refractivity contribution in [3.8, 4) is 0 Å². The van der Waals surface area contributed by atoms with E-state index in [1.807, 2.05) is 38.1 Å². The quantitative estimate of drug-likeness (QED) is 0.795. The standard InChI is InChI=1S/C18H24N2O3/c1-4-20(10-11-21)12-16-17(18(22)23-5-2)13(3)14-8-6-7-9-15(14)19-16/h6-9,21H,4-5,10-12H2,1-3H3. The molecule has 0 atom stereocenters. The molecular weight excluding hydrogens is 292 g/mol. The van der Waals surface area contributed by atoms with Crippen molar-refractivity contribution < 1.29 is 14.6 Å². The number of carbonyl (C=O) groups is 1. The zero-order valence-corrected chi connectivity index (χ0v) is 14.0. The predicted octanol–water partition coefficient (Wildman–Crippen LogP) is 2.53. The number of aliphatic hydroxyl groups is 1. The fourth-order valence-electron chi connectivity index (χ4n) is 2.73. The summed E-state index contributed by atoms with van der Waals surface area (Å²) in [5.74, 6) is -0.335. The Balaban J connectivity index is 2.55. The molecule has 23 heavy (non-hydrogen) atoms. The third-order valence-corrected chi connectivity index (χ3v) is 3.94. The molecule has 5 nitrogen and oxygen atoms in total. The zero-order valence-electron chi connectivity index (χ0n) is 14.0. The van der Waals surface area contributed by atoms with Crippen LogP contribution in [-0.4, -0.2) is 47.3 Å². The number of benzene rings is 1.